The van der Waals surface area contributed by atoms with Gasteiger partial charge in [0.25, 0.3) is 0 Å². The number of fused-ring (bicyclic) bond motifs is 5. The number of carboxylic acids is 1. The fourth-order valence-electron chi connectivity index (χ4n) is 9.52. The van der Waals surface area contributed by atoms with Gasteiger partial charge in [0, 0.05) is 12.8 Å². The molecule has 3 heteroatoms. The SMILES string of the molecule is CC(C)CCC[C@@H](C)[C@H]1CC[C@H]2[C@@H]3CCC4CC(=O)CC(C(=O)O)[C@]4(C)[C@H]3CC[C@]12C. The quantitative estimate of drug-likeness (QED) is 0.494. The molecule has 4 rings (SSSR count). The van der Waals surface area contributed by atoms with Gasteiger partial charge in [0.2, 0.25) is 0 Å². The molecule has 3 nitrogen and oxygen atoms in total. The smallest absolute Gasteiger partial charge is 0.307 e. The number of rotatable bonds is 6. The van der Waals surface area contributed by atoms with E-state index in [1.54, 1.807) is 0 Å². The zero-order valence-electron chi connectivity index (χ0n) is 20.7. The molecule has 4 fully saturated rings. The minimum atomic E-state index is -0.724. The molecule has 0 radical (unpaired) electrons. The fraction of sp³-hybridized carbons (Fsp3) is 0.929. The van der Waals surface area contributed by atoms with Crippen molar-refractivity contribution in [3.63, 3.8) is 0 Å². The molecule has 0 aromatic heterocycles. The second-order valence-corrected chi connectivity index (χ2v) is 12.9. The molecule has 31 heavy (non-hydrogen) atoms. The number of Topliss-reactive ketones (excluding diaryl/α,β-unsaturated/α-hetero) is 1. The summed E-state index contributed by atoms with van der Waals surface area (Å²) in [6.45, 7) is 12.0. The number of hydrogen-bond donors (Lipinski definition) is 1. The van der Waals surface area contributed by atoms with Gasteiger partial charge in [-0.05, 0) is 90.8 Å². The van der Waals surface area contributed by atoms with Crippen LogP contribution in [0.1, 0.15) is 105 Å². The Labute approximate surface area is 190 Å². The van der Waals surface area contributed by atoms with Gasteiger partial charge in [0.15, 0.2) is 0 Å². The molecule has 0 heterocycles. The van der Waals surface area contributed by atoms with Gasteiger partial charge in [0.05, 0.1) is 5.92 Å². The summed E-state index contributed by atoms with van der Waals surface area (Å²) < 4.78 is 0. The van der Waals surface area contributed by atoms with Crippen molar-refractivity contribution in [1.82, 2.24) is 0 Å². The highest BCUT2D eigenvalue weighted by Gasteiger charge is 2.63. The molecule has 0 aliphatic heterocycles. The molecule has 0 aromatic rings. The predicted octanol–water partition coefficient (Wildman–Crippen LogP) is 6.99. The van der Waals surface area contributed by atoms with Crippen LogP contribution in [0.3, 0.4) is 0 Å². The third kappa shape index (κ3) is 3.80. The van der Waals surface area contributed by atoms with Crippen LogP contribution >= 0.6 is 0 Å². The number of carbonyl (C=O) groups excluding carboxylic acids is 1. The van der Waals surface area contributed by atoms with E-state index in [-0.39, 0.29) is 23.5 Å². The zero-order valence-corrected chi connectivity index (χ0v) is 20.7. The van der Waals surface area contributed by atoms with Crippen LogP contribution in [0.2, 0.25) is 0 Å². The number of hydrogen-bond acceptors (Lipinski definition) is 2. The molecule has 0 amide bonds. The molecule has 0 spiro atoms. The van der Waals surface area contributed by atoms with Crippen molar-refractivity contribution in [2.24, 2.45) is 58.2 Å². The van der Waals surface area contributed by atoms with Crippen LogP contribution in [0.4, 0.5) is 0 Å². The van der Waals surface area contributed by atoms with E-state index in [9.17, 15) is 14.7 Å². The highest BCUT2D eigenvalue weighted by atomic mass is 16.4. The third-order valence-corrected chi connectivity index (χ3v) is 11.1. The molecular formula is C28H46O3. The van der Waals surface area contributed by atoms with E-state index < -0.39 is 11.9 Å². The molecule has 4 saturated carbocycles. The van der Waals surface area contributed by atoms with E-state index in [1.807, 2.05) is 0 Å². The lowest BCUT2D eigenvalue weighted by atomic mass is 9.42. The second-order valence-electron chi connectivity index (χ2n) is 12.9. The maximum absolute atomic E-state index is 12.4. The summed E-state index contributed by atoms with van der Waals surface area (Å²) in [6.07, 6.45) is 12.4. The summed E-state index contributed by atoms with van der Waals surface area (Å²) in [5, 5.41) is 10.1. The van der Waals surface area contributed by atoms with Crippen LogP contribution in [-0.4, -0.2) is 16.9 Å². The Balaban J connectivity index is 1.54. The average molecular weight is 431 g/mol. The first-order valence-electron chi connectivity index (χ1n) is 13.3. The minimum absolute atomic E-state index is 0.185. The first-order valence-corrected chi connectivity index (χ1v) is 13.3. The average Bonchev–Trinajstić information content (AvgIpc) is 3.04. The maximum atomic E-state index is 12.4. The van der Waals surface area contributed by atoms with Gasteiger partial charge < -0.3 is 5.11 Å². The number of carbonyl (C=O) groups is 2. The Morgan fingerprint density at radius 1 is 1.00 bits per heavy atom. The Hall–Kier alpha value is -0.860. The van der Waals surface area contributed by atoms with Gasteiger partial charge in [-0.3, -0.25) is 9.59 Å². The summed E-state index contributed by atoms with van der Waals surface area (Å²) in [5.74, 6) is 3.63. The topological polar surface area (TPSA) is 54.4 Å². The van der Waals surface area contributed by atoms with Crippen molar-refractivity contribution in [1.29, 1.82) is 0 Å². The predicted molar refractivity (Wildman–Crippen MR) is 125 cm³/mol. The normalized spacial score (nSPS) is 45.7. The van der Waals surface area contributed by atoms with Crippen LogP contribution in [0, 0.1) is 58.2 Å². The zero-order chi connectivity index (χ0) is 22.6. The lowest BCUT2D eigenvalue weighted by Crippen LogP contribution is -2.58. The van der Waals surface area contributed by atoms with Gasteiger partial charge in [-0.15, -0.1) is 0 Å². The number of aliphatic carboxylic acids is 1. The maximum Gasteiger partial charge on any atom is 0.307 e. The van der Waals surface area contributed by atoms with E-state index in [4.69, 9.17) is 0 Å². The summed E-state index contributed by atoms with van der Waals surface area (Å²) in [4.78, 5) is 24.6. The molecular weight excluding hydrogens is 384 g/mol. The molecule has 9 atom stereocenters. The Morgan fingerprint density at radius 3 is 2.42 bits per heavy atom. The summed E-state index contributed by atoms with van der Waals surface area (Å²) in [6, 6.07) is 0. The van der Waals surface area contributed by atoms with E-state index in [2.05, 4.69) is 34.6 Å². The highest BCUT2D eigenvalue weighted by Crippen LogP contribution is 2.69. The Morgan fingerprint density at radius 2 is 1.74 bits per heavy atom. The summed E-state index contributed by atoms with van der Waals surface area (Å²) >= 11 is 0. The Kier molecular flexibility index (Phi) is 6.38. The van der Waals surface area contributed by atoms with Crippen LogP contribution < -0.4 is 0 Å². The summed E-state index contributed by atoms with van der Waals surface area (Å²) in [5.41, 5.74) is 0.246. The molecule has 176 valence electrons. The van der Waals surface area contributed by atoms with Crippen LogP contribution in [0.25, 0.3) is 0 Å². The van der Waals surface area contributed by atoms with E-state index in [0.29, 0.717) is 23.7 Å². The van der Waals surface area contributed by atoms with Crippen LogP contribution in [0.15, 0.2) is 0 Å². The van der Waals surface area contributed by atoms with Crippen molar-refractivity contribution in [2.75, 3.05) is 0 Å². The molecule has 4 aliphatic carbocycles. The standard InChI is InChI=1S/C28H46O3/c1-17(2)7-6-8-18(3)22-11-12-23-21-10-9-19-15-20(29)16-25(26(30)31)28(19,5)24(21)13-14-27(22,23)4/h17-19,21-25H,6-16H2,1-5H3,(H,30,31)/t18-,19?,21+,22-,23+,24+,25?,27-,28+/m1/s1. The lowest BCUT2D eigenvalue weighted by molar-refractivity contribution is -0.175. The molecule has 4 aliphatic rings. The molecule has 0 aromatic carbocycles. The molecule has 2 unspecified atom stereocenters. The highest BCUT2D eigenvalue weighted by molar-refractivity contribution is 5.86. The van der Waals surface area contributed by atoms with Gasteiger partial charge in [-0.1, -0.05) is 53.9 Å². The van der Waals surface area contributed by atoms with Gasteiger partial charge >= 0.3 is 5.97 Å². The van der Waals surface area contributed by atoms with Crippen LogP contribution in [0.5, 0.6) is 0 Å². The minimum Gasteiger partial charge on any atom is -0.481 e. The first kappa shape index (κ1) is 23.3. The van der Waals surface area contributed by atoms with Gasteiger partial charge in [-0.2, -0.15) is 0 Å². The van der Waals surface area contributed by atoms with Crippen molar-refractivity contribution in [2.45, 2.75) is 105 Å². The monoisotopic (exact) mass is 430 g/mol. The lowest BCUT2D eigenvalue weighted by Gasteiger charge is -2.62. The van der Waals surface area contributed by atoms with E-state index >= 15 is 0 Å². The Bertz CT molecular complexity index is 698. The third-order valence-electron chi connectivity index (χ3n) is 11.1. The van der Waals surface area contributed by atoms with Crippen molar-refractivity contribution < 1.29 is 14.7 Å². The van der Waals surface area contributed by atoms with Gasteiger partial charge in [0.1, 0.15) is 5.78 Å². The second kappa shape index (κ2) is 8.49. The largest absolute Gasteiger partial charge is 0.481 e. The number of ketones is 1. The molecule has 0 bridgehead atoms. The van der Waals surface area contributed by atoms with Crippen molar-refractivity contribution in [3.05, 3.63) is 0 Å². The van der Waals surface area contributed by atoms with Crippen molar-refractivity contribution in [3.8, 4) is 0 Å². The fourth-order valence-corrected chi connectivity index (χ4v) is 9.52. The van der Waals surface area contributed by atoms with Crippen LogP contribution in [-0.2, 0) is 9.59 Å². The molecule has 1 N–H and O–H groups in total. The van der Waals surface area contributed by atoms with Gasteiger partial charge in [-0.25, -0.2) is 0 Å². The first-order chi connectivity index (χ1) is 14.6. The summed E-state index contributed by atoms with van der Waals surface area (Å²) in [7, 11) is 0. The van der Waals surface area contributed by atoms with E-state index in [0.717, 1.165) is 30.1 Å². The van der Waals surface area contributed by atoms with E-state index in [1.165, 1.54) is 51.4 Å². The molecule has 0 saturated heterocycles. The van der Waals surface area contributed by atoms with Crippen molar-refractivity contribution >= 4 is 11.8 Å². The number of carboxylic acid groups (broad SMARTS) is 1.